The SMILES string of the molecule is COC(=O)CCCSCc1ccccc1Cl. The van der Waals surface area contributed by atoms with E-state index >= 15 is 0 Å². The normalized spacial score (nSPS) is 10.1. The molecule has 0 heterocycles. The van der Waals surface area contributed by atoms with E-state index in [0.29, 0.717) is 6.42 Å². The summed E-state index contributed by atoms with van der Waals surface area (Å²) in [7, 11) is 1.42. The number of halogens is 1. The zero-order chi connectivity index (χ0) is 11.8. The molecular weight excluding hydrogens is 244 g/mol. The first kappa shape index (κ1) is 13.4. The van der Waals surface area contributed by atoms with Crippen LogP contribution in [0.1, 0.15) is 18.4 Å². The maximum atomic E-state index is 10.8. The second-order valence-corrected chi connectivity index (χ2v) is 4.84. The minimum atomic E-state index is -0.140. The van der Waals surface area contributed by atoms with Crippen molar-refractivity contribution in [2.45, 2.75) is 18.6 Å². The Kier molecular flexibility index (Phi) is 6.34. The van der Waals surface area contributed by atoms with Crippen LogP contribution in [0.15, 0.2) is 24.3 Å². The van der Waals surface area contributed by atoms with Gasteiger partial charge in [-0.3, -0.25) is 4.79 Å². The van der Waals surface area contributed by atoms with Gasteiger partial charge in [-0.25, -0.2) is 0 Å². The standard InChI is InChI=1S/C12H15ClO2S/c1-15-12(14)7-4-8-16-9-10-5-2-3-6-11(10)13/h2-3,5-6H,4,7-9H2,1H3. The molecule has 2 nitrogen and oxygen atoms in total. The zero-order valence-corrected chi connectivity index (χ0v) is 10.8. The lowest BCUT2D eigenvalue weighted by Crippen LogP contribution is -2.00. The van der Waals surface area contributed by atoms with Gasteiger partial charge in [0, 0.05) is 17.2 Å². The molecule has 0 aromatic heterocycles. The Hall–Kier alpha value is -0.670. The van der Waals surface area contributed by atoms with E-state index in [4.69, 9.17) is 11.6 Å². The smallest absolute Gasteiger partial charge is 0.305 e. The Bertz CT molecular complexity index is 342. The van der Waals surface area contributed by atoms with E-state index in [0.717, 1.165) is 28.5 Å². The van der Waals surface area contributed by atoms with Crippen molar-refractivity contribution < 1.29 is 9.53 Å². The molecule has 0 saturated heterocycles. The highest BCUT2D eigenvalue weighted by Crippen LogP contribution is 2.21. The Labute approximate surface area is 105 Å². The molecule has 0 unspecified atom stereocenters. The Morgan fingerprint density at radius 2 is 2.19 bits per heavy atom. The van der Waals surface area contributed by atoms with E-state index in [2.05, 4.69) is 4.74 Å². The lowest BCUT2D eigenvalue weighted by atomic mass is 10.2. The first-order valence-corrected chi connectivity index (χ1v) is 6.65. The fourth-order valence-corrected chi connectivity index (χ4v) is 2.46. The predicted octanol–water partition coefficient (Wildman–Crippen LogP) is 3.53. The van der Waals surface area contributed by atoms with Crippen molar-refractivity contribution in [2.24, 2.45) is 0 Å². The van der Waals surface area contributed by atoms with Gasteiger partial charge in [-0.15, -0.1) is 0 Å². The maximum absolute atomic E-state index is 10.8. The van der Waals surface area contributed by atoms with E-state index < -0.39 is 0 Å². The molecule has 88 valence electrons. The lowest BCUT2D eigenvalue weighted by Gasteiger charge is -2.03. The van der Waals surface area contributed by atoms with Crippen molar-refractivity contribution in [3.63, 3.8) is 0 Å². The molecule has 4 heteroatoms. The van der Waals surface area contributed by atoms with Crippen LogP contribution >= 0.6 is 23.4 Å². The Morgan fingerprint density at radius 3 is 2.88 bits per heavy atom. The number of methoxy groups -OCH3 is 1. The average molecular weight is 259 g/mol. The molecular formula is C12H15ClO2S. The van der Waals surface area contributed by atoms with Gasteiger partial charge in [0.05, 0.1) is 7.11 Å². The molecule has 0 radical (unpaired) electrons. The second kappa shape index (κ2) is 7.58. The molecule has 0 N–H and O–H groups in total. The van der Waals surface area contributed by atoms with Crippen molar-refractivity contribution in [2.75, 3.05) is 12.9 Å². The number of benzene rings is 1. The topological polar surface area (TPSA) is 26.3 Å². The van der Waals surface area contributed by atoms with Gasteiger partial charge in [-0.1, -0.05) is 29.8 Å². The average Bonchev–Trinajstić information content (AvgIpc) is 2.30. The summed E-state index contributed by atoms with van der Waals surface area (Å²) < 4.78 is 4.56. The van der Waals surface area contributed by atoms with Crippen LogP contribution in [0.4, 0.5) is 0 Å². The van der Waals surface area contributed by atoms with E-state index in [1.54, 1.807) is 11.8 Å². The van der Waals surface area contributed by atoms with Crippen LogP contribution in [-0.4, -0.2) is 18.8 Å². The van der Waals surface area contributed by atoms with Gasteiger partial charge in [0.15, 0.2) is 0 Å². The summed E-state index contributed by atoms with van der Waals surface area (Å²) in [5.74, 6) is 1.69. The van der Waals surface area contributed by atoms with Crippen LogP contribution in [0.25, 0.3) is 0 Å². The molecule has 0 aliphatic rings. The number of thioether (sulfide) groups is 1. The third-order valence-electron chi connectivity index (χ3n) is 2.11. The van der Waals surface area contributed by atoms with Gasteiger partial charge < -0.3 is 4.74 Å². The molecule has 0 amide bonds. The van der Waals surface area contributed by atoms with E-state index in [1.165, 1.54) is 7.11 Å². The molecule has 0 atom stereocenters. The maximum Gasteiger partial charge on any atom is 0.305 e. The van der Waals surface area contributed by atoms with Crippen molar-refractivity contribution in [1.29, 1.82) is 0 Å². The van der Waals surface area contributed by atoms with Crippen molar-refractivity contribution in [3.8, 4) is 0 Å². The fourth-order valence-electron chi connectivity index (χ4n) is 1.22. The summed E-state index contributed by atoms with van der Waals surface area (Å²) in [5.41, 5.74) is 1.15. The molecule has 1 aromatic carbocycles. The van der Waals surface area contributed by atoms with Crippen LogP contribution in [0.2, 0.25) is 5.02 Å². The van der Waals surface area contributed by atoms with Crippen LogP contribution in [-0.2, 0) is 15.3 Å². The minimum absolute atomic E-state index is 0.140. The van der Waals surface area contributed by atoms with Gasteiger partial charge in [-0.2, -0.15) is 11.8 Å². The first-order chi connectivity index (χ1) is 7.74. The monoisotopic (exact) mass is 258 g/mol. The van der Waals surface area contributed by atoms with Gasteiger partial charge in [-0.05, 0) is 23.8 Å². The van der Waals surface area contributed by atoms with Gasteiger partial charge in [0.1, 0.15) is 0 Å². The van der Waals surface area contributed by atoms with Crippen molar-refractivity contribution in [1.82, 2.24) is 0 Å². The molecule has 16 heavy (non-hydrogen) atoms. The van der Waals surface area contributed by atoms with Crippen molar-refractivity contribution in [3.05, 3.63) is 34.9 Å². The molecule has 0 aliphatic heterocycles. The number of hydrogen-bond donors (Lipinski definition) is 0. The van der Waals surface area contributed by atoms with Gasteiger partial charge >= 0.3 is 5.97 Å². The summed E-state index contributed by atoms with van der Waals surface area (Å²) >= 11 is 7.80. The van der Waals surface area contributed by atoms with E-state index in [1.807, 2.05) is 24.3 Å². The third kappa shape index (κ3) is 4.90. The summed E-state index contributed by atoms with van der Waals surface area (Å²) in [5, 5.41) is 0.808. The molecule has 0 bridgehead atoms. The Morgan fingerprint density at radius 1 is 1.44 bits per heavy atom. The van der Waals surface area contributed by atoms with Crippen molar-refractivity contribution >= 4 is 29.3 Å². The molecule has 0 spiro atoms. The number of carbonyl (C=O) groups is 1. The third-order valence-corrected chi connectivity index (χ3v) is 3.57. The highest BCUT2D eigenvalue weighted by atomic mass is 35.5. The second-order valence-electron chi connectivity index (χ2n) is 3.32. The molecule has 1 rings (SSSR count). The molecule has 1 aromatic rings. The Balaban J connectivity index is 2.17. The van der Waals surface area contributed by atoms with Gasteiger partial charge in [0.25, 0.3) is 0 Å². The highest BCUT2D eigenvalue weighted by molar-refractivity contribution is 7.98. The van der Waals surface area contributed by atoms with Crippen LogP contribution in [0, 0.1) is 0 Å². The lowest BCUT2D eigenvalue weighted by molar-refractivity contribution is -0.140. The highest BCUT2D eigenvalue weighted by Gasteiger charge is 2.01. The molecule has 0 aliphatic carbocycles. The minimum Gasteiger partial charge on any atom is -0.469 e. The zero-order valence-electron chi connectivity index (χ0n) is 9.24. The largest absolute Gasteiger partial charge is 0.469 e. The predicted molar refractivity (Wildman–Crippen MR) is 68.9 cm³/mol. The number of carbonyl (C=O) groups excluding carboxylic acids is 1. The molecule has 0 fully saturated rings. The number of ether oxygens (including phenoxy) is 1. The summed E-state index contributed by atoms with van der Waals surface area (Å²) in [4.78, 5) is 10.8. The number of esters is 1. The number of rotatable bonds is 6. The van der Waals surface area contributed by atoms with E-state index in [-0.39, 0.29) is 5.97 Å². The fraction of sp³-hybridized carbons (Fsp3) is 0.417. The first-order valence-electron chi connectivity index (χ1n) is 5.12. The van der Waals surface area contributed by atoms with Gasteiger partial charge in [0.2, 0.25) is 0 Å². The van der Waals surface area contributed by atoms with Crippen LogP contribution < -0.4 is 0 Å². The van der Waals surface area contributed by atoms with Crippen LogP contribution in [0.5, 0.6) is 0 Å². The summed E-state index contributed by atoms with van der Waals surface area (Å²) in [6.45, 7) is 0. The quantitative estimate of drug-likeness (QED) is 0.577. The van der Waals surface area contributed by atoms with E-state index in [9.17, 15) is 4.79 Å². The summed E-state index contributed by atoms with van der Waals surface area (Å²) in [6, 6.07) is 7.82. The summed E-state index contributed by atoms with van der Waals surface area (Å²) in [6.07, 6.45) is 1.34. The van der Waals surface area contributed by atoms with Crippen LogP contribution in [0.3, 0.4) is 0 Å². The molecule has 0 saturated carbocycles. The number of hydrogen-bond acceptors (Lipinski definition) is 3.